The second kappa shape index (κ2) is 8.01. The van der Waals surface area contributed by atoms with Crippen LogP contribution in [0.4, 0.5) is 15.8 Å². The van der Waals surface area contributed by atoms with E-state index in [0.717, 1.165) is 35.9 Å². The van der Waals surface area contributed by atoms with Gasteiger partial charge in [-0.25, -0.2) is 0 Å². The van der Waals surface area contributed by atoms with Crippen LogP contribution < -0.4 is 15.4 Å². The van der Waals surface area contributed by atoms with Gasteiger partial charge in [-0.3, -0.25) is 19.7 Å². The molecule has 28 heavy (non-hydrogen) atoms. The maximum absolute atomic E-state index is 13.3. The van der Waals surface area contributed by atoms with Crippen LogP contribution in [-0.4, -0.2) is 35.0 Å². The van der Waals surface area contributed by atoms with Crippen LogP contribution in [0.3, 0.4) is 0 Å². The molecule has 2 aromatic carbocycles. The van der Waals surface area contributed by atoms with E-state index in [9.17, 15) is 29.2 Å². The normalized spacial score (nSPS) is 13.2. The van der Waals surface area contributed by atoms with Crippen LogP contribution in [0, 0.1) is 15.9 Å². The average Bonchev–Trinajstić information content (AvgIpc) is 3.14. The summed E-state index contributed by atoms with van der Waals surface area (Å²) >= 11 is 0. The van der Waals surface area contributed by atoms with Gasteiger partial charge in [-0.05, 0) is 35.4 Å². The molecule has 0 aliphatic carbocycles. The number of aliphatic hydroxyl groups excluding tert-OH is 1. The minimum Gasteiger partial charge on any atom is -0.493 e. The lowest BCUT2D eigenvalue weighted by molar-refractivity contribution is -0.387. The molecular formula is C18H16FN3O6. The summed E-state index contributed by atoms with van der Waals surface area (Å²) in [5, 5.41) is 25.3. The van der Waals surface area contributed by atoms with Crippen molar-refractivity contribution in [1.82, 2.24) is 5.32 Å². The molecule has 0 saturated carbocycles. The van der Waals surface area contributed by atoms with Crippen molar-refractivity contribution in [3.8, 4) is 5.75 Å². The van der Waals surface area contributed by atoms with Crippen molar-refractivity contribution in [2.75, 3.05) is 18.5 Å². The predicted molar refractivity (Wildman–Crippen MR) is 95.3 cm³/mol. The maximum atomic E-state index is 13.3. The Balaban J connectivity index is 1.56. The van der Waals surface area contributed by atoms with E-state index in [1.165, 1.54) is 0 Å². The molecule has 0 fully saturated rings. The molecule has 1 aliphatic rings. The number of carbonyl (C=O) groups is 2. The Morgan fingerprint density at radius 1 is 1.25 bits per heavy atom. The lowest BCUT2D eigenvalue weighted by atomic mass is 10.0. The molecular weight excluding hydrogens is 373 g/mol. The molecule has 1 aliphatic heterocycles. The van der Waals surface area contributed by atoms with Crippen LogP contribution in [0.1, 0.15) is 17.2 Å². The highest BCUT2D eigenvalue weighted by molar-refractivity contribution is 6.39. The Labute approximate surface area is 158 Å². The van der Waals surface area contributed by atoms with E-state index < -0.39 is 34.3 Å². The fourth-order valence-corrected chi connectivity index (χ4v) is 2.72. The Morgan fingerprint density at radius 2 is 2.04 bits per heavy atom. The number of ether oxygens (including phenoxy) is 1. The molecule has 0 bridgehead atoms. The predicted octanol–water partition coefficient (Wildman–Crippen LogP) is 1.46. The quantitative estimate of drug-likeness (QED) is 0.403. The third-order valence-corrected chi connectivity index (χ3v) is 4.16. The number of nitro benzene ring substituents is 1. The number of halogens is 1. The first-order valence-corrected chi connectivity index (χ1v) is 8.32. The van der Waals surface area contributed by atoms with Crippen molar-refractivity contribution in [2.45, 2.75) is 12.5 Å². The fourth-order valence-electron chi connectivity index (χ4n) is 2.72. The van der Waals surface area contributed by atoms with Crippen molar-refractivity contribution in [3.05, 3.63) is 63.5 Å². The van der Waals surface area contributed by atoms with E-state index in [1.54, 1.807) is 18.2 Å². The molecule has 2 aromatic rings. The van der Waals surface area contributed by atoms with Gasteiger partial charge in [0, 0.05) is 24.7 Å². The summed E-state index contributed by atoms with van der Waals surface area (Å²) in [4.78, 5) is 33.6. The first kappa shape index (κ1) is 19.2. The lowest BCUT2D eigenvalue weighted by Gasteiger charge is -2.13. The standard InChI is InChI=1S/C18H16FN3O6/c19-13-3-2-12(8-14(13)22(26)27)21-18(25)17(24)20-9-15(23)10-1-4-16-11(7-10)5-6-28-16/h1-4,7-8,15,23H,5-6,9H2,(H,20,24)(H,21,25). The van der Waals surface area contributed by atoms with E-state index in [0.29, 0.717) is 12.2 Å². The zero-order valence-corrected chi connectivity index (χ0v) is 14.5. The number of nitrogens with zero attached hydrogens (tertiary/aromatic N) is 1. The minimum atomic E-state index is -1.10. The minimum absolute atomic E-state index is 0.104. The van der Waals surface area contributed by atoms with Gasteiger partial charge in [0.25, 0.3) is 0 Å². The Bertz CT molecular complexity index is 949. The van der Waals surface area contributed by atoms with E-state index in [4.69, 9.17) is 4.74 Å². The second-order valence-corrected chi connectivity index (χ2v) is 6.07. The zero-order chi connectivity index (χ0) is 20.3. The Hall–Kier alpha value is -3.53. The molecule has 1 unspecified atom stereocenters. The van der Waals surface area contributed by atoms with E-state index in [2.05, 4.69) is 10.6 Å². The van der Waals surface area contributed by atoms with Crippen LogP contribution in [0.2, 0.25) is 0 Å². The number of aliphatic hydroxyl groups is 1. The van der Waals surface area contributed by atoms with Crippen molar-refractivity contribution >= 4 is 23.2 Å². The summed E-state index contributed by atoms with van der Waals surface area (Å²) in [5.41, 5.74) is 0.597. The smallest absolute Gasteiger partial charge is 0.313 e. The number of nitrogens with one attached hydrogen (secondary N) is 2. The number of rotatable bonds is 5. The largest absolute Gasteiger partial charge is 0.493 e. The molecule has 0 saturated heterocycles. The third kappa shape index (κ3) is 4.23. The molecule has 0 radical (unpaired) electrons. The molecule has 146 valence electrons. The molecule has 3 rings (SSSR count). The van der Waals surface area contributed by atoms with Gasteiger partial charge in [-0.1, -0.05) is 6.07 Å². The van der Waals surface area contributed by atoms with Crippen molar-refractivity contribution in [1.29, 1.82) is 0 Å². The van der Waals surface area contributed by atoms with E-state index >= 15 is 0 Å². The number of hydrogen-bond acceptors (Lipinski definition) is 6. The van der Waals surface area contributed by atoms with Gasteiger partial charge in [-0.15, -0.1) is 0 Å². The molecule has 10 heteroatoms. The number of nitro groups is 1. The van der Waals surface area contributed by atoms with E-state index in [-0.39, 0.29) is 12.2 Å². The highest BCUT2D eigenvalue weighted by Crippen LogP contribution is 2.28. The van der Waals surface area contributed by atoms with Gasteiger partial charge in [0.05, 0.1) is 17.6 Å². The number of benzene rings is 2. The molecule has 0 aromatic heterocycles. The van der Waals surface area contributed by atoms with E-state index in [1.807, 2.05) is 0 Å². The lowest BCUT2D eigenvalue weighted by Crippen LogP contribution is -2.37. The molecule has 3 N–H and O–H groups in total. The summed E-state index contributed by atoms with van der Waals surface area (Å²) in [7, 11) is 0. The summed E-state index contributed by atoms with van der Waals surface area (Å²) in [6.45, 7) is 0.364. The van der Waals surface area contributed by atoms with Crippen LogP contribution in [0.15, 0.2) is 36.4 Å². The van der Waals surface area contributed by atoms with Gasteiger partial charge < -0.3 is 20.5 Å². The molecule has 1 heterocycles. The summed E-state index contributed by atoms with van der Waals surface area (Å²) < 4.78 is 18.7. The number of carbonyl (C=O) groups excluding carboxylic acids is 2. The van der Waals surface area contributed by atoms with Crippen LogP contribution >= 0.6 is 0 Å². The summed E-state index contributed by atoms with van der Waals surface area (Å²) in [5.74, 6) is -2.45. The average molecular weight is 389 g/mol. The Morgan fingerprint density at radius 3 is 2.79 bits per heavy atom. The summed E-state index contributed by atoms with van der Waals surface area (Å²) in [6.07, 6.45) is -0.302. The molecule has 1 atom stereocenters. The first-order chi connectivity index (χ1) is 13.3. The number of anilines is 1. The SMILES string of the molecule is O=C(NCC(O)c1ccc2c(c1)CCO2)C(=O)Nc1ccc(F)c([N+](=O)[O-])c1. The fraction of sp³-hybridized carbons (Fsp3) is 0.222. The molecule has 2 amide bonds. The second-order valence-electron chi connectivity index (χ2n) is 6.07. The number of amides is 2. The Kier molecular flexibility index (Phi) is 5.50. The van der Waals surface area contributed by atoms with Gasteiger partial charge in [0.15, 0.2) is 0 Å². The van der Waals surface area contributed by atoms with Gasteiger partial charge in [-0.2, -0.15) is 4.39 Å². The maximum Gasteiger partial charge on any atom is 0.313 e. The molecule has 0 spiro atoms. The van der Waals surface area contributed by atoms with Crippen molar-refractivity contribution in [3.63, 3.8) is 0 Å². The number of fused-ring (bicyclic) bond motifs is 1. The van der Waals surface area contributed by atoms with Crippen LogP contribution in [-0.2, 0) is 16.0 Å². The van der Waals surface area contributed by atoms with Gasteiger partial charge in [0.1, 0.15) is 5.75 Å². The van der Waals surface area contributed by atoms with Gasteiger partial charge >= 0.3 is 17.5 Å². The topological polar surface area (TPSA) is 131 Å². The van der Waals surface area contributed by atoms with Gasteiger partial charge in [0.2, 0.25) is 5.82 Å². The van der Waals surface area contributed by atoms with Crippen LogP contribution in [0.25, 0.3) is 0 Å². The van der Waals surface area contributed by atoms with Crippen molar-refractivity contribution < 1.29 is 28.7 Å². The van der Waals surface area contributed by atoms with Crippen LogP contribution in [0.5, 0.6) is 5.75 Å². The van der Waals surface area contributed by atoms with Crippen molar-refractivity contribution in [2.24, 2.45) is 0 Å². The highest BCUT2D eigenvalue weighted by atomic mass is 19.1. The number of hydrogen-bond donors (Lipinski definition) is 3. The zero-order valence-electron chi connectivity index (χ0n) is 14.5. The molecule has 9 nitrogen and oxygen atoms in total. The first-order valence-electron chi connectivity index (χ1n) is 8.32. The third-order valence-electron chi connectivity index (χ3n) is 4.16. The summed E-state index contributed by atoms with van der Waals surface area (Å²) in [6, 6.07) is 7.89. The highest BCUT2D eigenvalue weighted by Gasteiger charge is 2.20. The monoisotopic (exact) mass is 389 g/mol.